The van der Waals surface area contributed by atoms with Crippen molar-refractivity contribution in [2.45, 2.75) is 38.5 Å². The summed E-state index contributed by atoms with van der Waals surface area (Å²) >= 11 is 0. The molecule has 7 heteroatoms. The number of benzene rings is 1. The first-order valence-electron chi connectivity index (χ1n) is 8.14. The van der Waals surface area contributed by atoms with Gasteiger partial charge in [0.25, 0.3) is 0 Å². The number of aliphatic hydroxyl groups is 2. The van der Waals surface area contributed by atoms with Gasteiger partial charge in [0.1, 0.15) is 18.0 Å². The monoisotopic (exact) mass is 341 g/mol. The zero-order valence-electron chi connectivity index (χ0n) is 14.5. The van der Waals surface area contributed by atoms with Crippen molar-refractivity contribution >= 4 is 17.5 Å². The van der Waals surface area contributed by atoms with E-state index >= 15 is 0 Å². The van der Waals surface area contributed by atoms with Gasteiger partial charge in [-0.2, -0.15) is 4.98 Å². The van der Waals surface area contributed by atoms with Gasteiger partial charge in [0.2, 0.25) is 5.95 Å². The molecule has 2 atom stereocenters. The second-order valence-electron chi connectivity index (χ2n) is 6.97. The Morgan fingerprint density at radius 2 is 1.60 bits per heavy atom. The summed E-state index contributed by atoms with van der Waals surface area (Å²) in [6.45, 7) is 5.96. The van der Waals surface area contributed by atoms with E-state index in [0.717, 1.165) is 5.69 Å². The Kier molecular flexibility index (Phi) is 4.61. The van der Waals surface area contributed by atoms with E-state index in [1.54, 1.807) is 12.3 Å². The number of para-hydroxylation sites is 1. The zero-order chi connectivity index (χ0) is 18.0. The molecule has 0 fully saturated rings. The maximum absolute atomic E-state index is 10.0. The van der Waals surface area contributed by atoms with Gasteiger partial charge in [-0.05, 0) is 39.0 Å². The minimum Gasteiger partial charge on any atom is -0.384 e. The summed E-state index contributed by atoms with van der Waals surface area (Å²) in [5.74, 6) is 0.971. The highest BCUT2D eigenvalue weighted by Gasteiger charge is 2.40. The number of anilines is 3. The topological polar surface area (TPSA) is 102 Å². The van der Waals surface area contributed by atoms with Gasteiger partial charge in [0, 0.05) is 17.4 Å². The average Bonchev–Trinajstić information content (AvgIpc) is 2.58. The van der Waals surface area contributed by atoms with Gasteiger partial charge in [-0.25, -0.2) is 4.98 Å². The lowest BCUT2D eigenvalue weighted by atomic mass is 9.91. The molecule has 0 spiro atoms. The summed E-state index contributed by atoms with van der Waals surface area (Å²) < 4.78 is 0. The predicted molar refractivity (Wildman–Crippen MR) is 97.3 cm³/mol. The highest BCUT2D eigenvalue weighted by Crippen LogP contribution is 2.29. The Bertz CT molecular complexity index is 771. The van der Waals surface area contributed by atoms with E-state index in [0.29, 0.717) is 23.2 Å². The Hall–Kier alpha value is -2.64. The molecule has 25 heavy (non-hydrogen) atoms. The molecule has 132 valence electrons. The molecule has 3 rings (SSSR count). The summed E-state index contributed by atoms with van der Waals surface area (Å²) in [4.78, 5) is 8.58. The van der Waals surface area contributed by atoms with Crippen LogP contribution in [0.2, 0.25) is 0 Å². The SMILES string of the molecule is CC(C)(C)NC1=C(Nc2ccnc(Nc3ccccc3)n2)C(O)C1O. The number of rotatable bonds is 5. The maximum atomic E-state index is 10.0. The van der Waals surface area contributed by atoms with E-state index in [1.807, 2.05) is 51.1 Å². The van der Waals surface area contributed by atoms with Crippen LogP contribution in [0.15, 0.2) is 54.0 Å². The first-order chi connectivity index (χ1) is 11.8. The van der Waals surface area contributed by atoms with Gasteiger partial charge >= 0.3 is 0 Å². The molecular formula is C18H23N5O2. The van der Waals surface area contributed by atoms with E-state index in [2.05, 4.69) is 25.9 Å². The van der Waals surface area contributed by atoms with Crippen LogP contribution in [0.25, 0.3) is 0 Å². The lowest BCUT2D eigenvalue weighted by Gasteiger charge is -2.39. The molecule has 1 heterocycles. The molecule has 0 bridgehead atoms. The molecule has 5 N–H and O–H groups in total. The zero-order valence-corrected chi connectivity index (χ0v) is 14.5. The highest BCUT2D eigenvalue weighted by molar-refractivity contribution is 5.56. The molecule has 0 radical (unpaired) electrons. The smallest absolute Gasteiger partial charge is 0.229 e. The summed E-state index contributed by atoms with van der Waals surface area (Å²) in [7, 11) is 0. The second-order valence-corrected chi connectivity index (χ2v) is 6.97. The van der Waals surface area contributed by atoms with E-state index in [4.69, 9.17) is 0 Å². The minimum absolute atomic E-state index is 0.227. The van der Waals surface area contributed by atoms with Crippen molar-refractivity contribution in [3.63, 3.8) is 0 Å². The van der Waals surface area contributed by atoms with Crippen molar-refractivity contribution in [2.24, 2.45) is 0 Å². The summed E-state index contributed by atoms with van der Waals surface area (Å²) in [6.07, 6.45) is -0.268. The molecule has 1 aliphatic carbocycles. The van der Waals surface area contributed by atoms with Crippen molar-refractivity contribution in [1.29, 1.82) is 0 Å². The molecule has 1 aromatic carbocycles. The van der Waals surface area contributed by atoms with Crippen molar-refractivity contribution in [3.05, 3.63) is 54.0 Å². The van der Waals surface area contributed by atoms with Crippen molar-refractivity contribution in [2.75, 3.05) is 10.6 Å². The maximum Gasteiger partial charge on any atom is 0.229 e. The molecule has 0 saturated carbocycles. The lowest BCUT2D eigenvalue weighted by molar-refractivity contribution is 0.0291. The summed E-state index contributed by atoms with van der Waals surface area (Å²) in [6, 6.07) is 11.3. The van der Waals surface area contributed by atoms with Crippen LogP contribution in [0.5, 0.6) is 0 Å². The van der Waals surface area contributed by atoms with Gasteiger partial charge < -0.3 is 26.2 Å². The first-order valence-corrected chi connectivity index (χ1v) is 8.14. The van der Waals surface area contributed by atoms with E-state index in [9.17, 15) is 10.2 Å². The van der Waals surface area contributed by atoms with E-state index in [1.165, 1.54) is 0 Å². The highest BCUT2D eigenvalue weighted by atomic mass is 16.3. The largest absolute Gasteiger partial charge is 0.384 e. The van der Waals surface area contributed by atoms with Crippen LogP contribution in [0.3, 0.4) is 0 Å². The molecule has 1 aliphatic rings. The number of nitrogens with zero attached hydrogens (tertiary/aromatic N) is 2. The molecule has 0 amide bonds. The summed E-state index contributed by atoms with van der Waals surface area (Å²) in [5.41, 5.74) is 1.76. The molecule has 1 aromatic heterocycles. The van der Waals surface area contributed by atoms with Crippen molar-refractivity contribution in [1.82, 2.24) is 15.3 Å². The Morgan fingerprint density at radius 1 is 0.920 bits per heavy atom. The van der Waals surface area contributed by atoms with E-state index in [-0.39, 0.29) is 5.54 Å². The molecule has 0 saturated heterocycles. The average molecular weight is 341 g/mol. The Morgan fingerprint density at radius 3 is 2.28 bits per heavy atom. The van der Waals surface area contributed by atoms with Crippen LogP contribution in [-0.2, 0) is 0 Å². The number of nitrogens with one attached hydrogen (secondary N) is 3. The van der Waals surface area contributed by atoms with Crippen LogP contribution < -0.4 is 16.0 Å². The van der Waals surface area contributed by atoms with Crippen molar-refractivity contribution in [3.8, 4) is 0 Å². The fourth-order valence-electron chi connectivity index (χ4n) is 2.50. The van der Waals surface area contributed by atoms with Gasteiger partial charge in [-0.1, -0.05) is 18.2 Å². The van der Waals surface area contributed by atoms with Gasteiger partial charge in [-0.15, -0.1) is 0 Å². The predicted octanol–water partition coefficient (Wildman–Crippen LogP) is 1.97. The fourth-order valence-corrected chi connectivity index (χ4v) is 2.50. The Labute approximate surface area is 146 Å². The first kappa shape index (κ1) is 17.2. The number of hydrogen-bond donors (Lipinski definition) is 5. The third-order valence-electron chi connectivity index (χ3n) is 3.64. The third kappa shape index (κ3) is 4.07. The standard InChI is InChI=1S/C18H23N5O2/c1-18(2,3)23-14-13(15(24)16(14)25)21-12-9-10-19-17(22-12)20-11-7-5-4-6-8-11/h4-10,15-16,23-25H,1-3H3,(H2,19,20,21,22). The van der Waals surface area contributed by atoms with Crippen LogP contribution in [0, 0.1) is 0 Å². The van der Waals surface area contributed by atoms with Crippen LogP contribution in [0.1, 0.15) is 20.8 Å². The molecular weight excluding hydrogens is 318 g/mol. The molecule has 2 aromatic rings. The molecule has 0 aliphatic heterocycles. The number of aliphatic hydroxyl groups excluding tert-OH is 2. The Balaban J connectivity index is 1.77. The van der Waals surface area contributed by atoms with Gasteiger partial charge in [-0.3, -0.25) is 0 Å². The van der Waals surface area contributed by atoms with Gasteiger partial charge in [0.05, 0.1) is 11.4 Å². The minimum atomic E-state index is -0.967. The van der Waals surface area contributed by atoms with Crippen molar-refractivity contribution < 1.29 is 10.2 Å². The fraction of sp³-hybridized carbons (Fsp3) is 0.333. The second kappa shape index (κ2) is 6.70. The van der Waals surface area contributed by atoms with Crippen LogP contribution in [-0.4, -0.2) is 37.9 Å². The quantitative estimate of drug-likeness (QED) is 0.566. The molecule has 7 nitrogen and oxygen atoms in total. The van der Waals surface area contributed by atoms with Crippen LogP contribution >= 0.6 is 0 Å². The normalized spacial score (nSPS) is 20.0. The molecule has 2 unspecified atom stereocenters. The van der Waals surface area contributed by atoms with E-state index < -0.39 is 12.2 Å². The summed E-state index contributed by atoms with van der Waals surface area (Å²) in [5, 5.41) is 29.4. The van der Waals surface area contributed by atoms with Crippen LogP contribution in [0.4, 0.5) is 17.5 Å². The van der Waals surface area contributed by atoms with Gasteiger partial charge in [0.15, 0.2) is 0 Å². The number of aromatic nitrogens is 2. The lowest BCUT2D eigenvalue weighted by Crippen LogP contribution is -2.53. The number of hydrogen-bond acceptors (Lipinski definition) is 7. The third-order valence-corrected chi connectivity index (χ3v) is 3.64.